The minimum absolute atomic E-state index is 0.263. The fourth-order valence-electron chi connectivity index (χ4n) is 2.66. The Hall–Kier alpha value is -2.89. The van der Waals surface area contributed by atoms with Crippen LogP contribution in [0.1, 0.15) is 22.3 Å². The number of rotatable bonds is 5. The molecule has 0 aromatic heterocycles. The Kier molecular flexibility index (Phi) is 5.28. The lowest BCUT2D eigenvalue weighted by atomic mass is 10.1. The van der Waals surface area contributed by atoms with Crippen LogP contribution in [-0.2, 0) is 6.54 Å². The molecular formula is C19H21NO5. The number of hydrogen-bond acceptors (Lipinski definition) is 5. The first kappa shape index (κ1) is 17.0. The largest absolute Gasteiger partial charge is 0.496 e. The predicted molar refractivity (Wildman–Crippen MR) is 92.8 cm³/mol. The number of fused-ring (bicyclic) bond motifs is 1. The van der Waals surface area contributed by atoms with Crippen LogP contribution in [0.25, 0.3) is 0 Å². The molecule has 25 heavy (non-hydrogen) atoms. The number of nitrogens with one attached hydrogen (secondary N) is 1. The summed E-state index contributed by atoms with van der Waals surface area (Å²) in [6, 6.07) is 10.9. The zero-order valence-corrected chi connectivity index (χ0v) is 14.3. The van der Waals surface area contributed by atoms with Gasteiger partial charge < -0.3 is 24.3 Å². The Morgan fingerprint density at radius 1 is 1.04 bits per heavy atom. The van der Waals surface area contributed by atoms with Crippen molar-refractivity contribution in [3.8, 4) is 23.0 Å². The standard InChI is InChI=1S/C19H21NO5/c1-22-15-5-3-6-16(23-2)18(15)19(21)20-12-13-7-8-14-17(11-13)25-10-4-9-24-14/h3,5-8,11H,4,9-10,12H2,1-2H3,(H,20,21). The van der Waals surface area contributed by atoms with Gasteiger partial charge in [0.2, 0.25) is 0 Å². The number of hydrogen-bond donors (Lipinski definition) is 1. The highest BCUT2D eigenvalue weighted by Gasteiger charge is 2.18. The molecule has 132 valence electrons. The first-order valence-electron chi connectivity index (χ1n) is 8.10. The van der Waals surface area contributed by atoms with Crippen LogP contribution >= 0.6 is 0 Å². The molecule has 1 heterocycles. The molecule has 0 radical (unpaired) electrons. The van der Waals surface area contributed by atoms with Crippen molar-refractivity contribution in [3.05, 3.63) is 47.5 Å². The summed E-state index contributed by atoms with van der Waals surface area (Å²) in [5.41, 5.74) is 1.30. The third-order valence-electron chi connectivity index (χ3n) is 3.92. The van der Waals surface area contributed by atoms with E-state index in [0.717, 1.165) is 17.7 Å². The Morgan fingerprint density at radius 3 is 2.40 bits per heavy atom. The Morgan fingerprint density at radius 2 is 1.72 bits per heavy atom. The zero-order valence-electron chi connectivity index (χ0n) is 14.3. The van der Waals surface area contributed by atoms with Gasteiger partial charge in [-0.1, -0.05) is 12.1 Å². The average Bonchev–Trinajstić information content (AvgIpc) is 2.90. The second kappa shape index (κ2) is 7.79. The van der Waals surface area contributed by atoms with Crippen molar-refractivity contribution in [1.82, 2.24) is 5.32 Å². The molecule has 0 aliphatic carbocycles. The molecule has 0 bridgehead atoms. The maximum absolute atomic E-state index is 12.6. The normalized spacial score (nSPS) is 12.9. The molecule has 0 unspecified atom stereocenters. The molecule has 2 aromatic rings. The van der Waals surface area contributed by atoms with Gasteiger partial charge in [0.15, 0.2) is 11.5 Å². The summed E-state index contributed by atoms with van der Waals surface area (Å²) in [6.45, 7) is 1.63. The first-order valence-corrected chi connectivity index (χ1v) is 8.10. The molecule has 0 atom stereocenters. The topological polar surface area (TPSA) is 66.0 Å². The van der Waals surface area contributed by atoms with Crippen LogP contribution in [0.5, 0.6) is 23.0 Å². The van der Waals surface area contributed by atoms with Crippen molar-refractivity contribution in [2.75, 3.05) is 27.4 Å². The summed E-state index contributed by atoms with van der Waals surface area (Å²) in [7, 11) is 3.05. The molecule has 1 aliphatic heterocycles. The maximum Gasteiger partial charge on any atom is 0.259 e. The quantitative estimate of drug-likeness (QED) is 0.904. The first-order chi connectivity index (χ1) is 12.2. The van der Waals surface area contributed by atoms with Crippen molar-refractivity contribution in [2.45, 2.75) is 13.0 Å². The molecule has 6 heteroatoms. The van der Waals surface area contributed by atoms with Crippen LogP contribution in [0.4, 0.5) is 0 Å². The minimum atomic E-state index is -0.263. The predicted octanol–water partition coefficient (Wildman–Crippen LogP) is 2.80. The third-order valence-corrected chi connectivity index (χ3v) is 3.92. The van der Waals surface area contributed by atoms with E-state index in [2.05, 4.69) is 5.32 Å². The maximum atomic E-state index is 12.6. The Bertz CT molecular complexity index is 737. The van der Waals surface area contributed by atoms with Crippen molar-refractivity contribution >= 4 is 5.91 Å². The highest BCUT2D eigenvalue weighted by Crippen LogP contribution is 2.31. The second-order valence-corrected chi connectivity index (χ2v) is 5.55. The summed E-state index contributed by atoms with van der Waals surface area (Å²) in [6.07, 6.45) is 0.856. The molecule has 1 N–H and O–H groups in total. The Balaban J connectivity index is 1.74. The van der Waals surface area contributed by atoms with Crippen molar-refractivity contribution in [3.63, 3.8) is 0 Å². The van der Waals surface area contributed by atoms with Crippen LogP contribution in [0.3, 0.4) is 0 Å². The van der Waals surface area contributed by atoms with Gasteiger partial charge >= 0.3 is 0 Å². The van der Waals surface area contributed by atoms with Gasteiger partial charge in [0, 0.05) is 13.0 Å². The van der Waals surface area contributed by atoms with E-state index in [1.807, 2.05) is 18.2 Å². The molecule has 1 amide bonds. The highest BCUT2D eigenvalue weighted by atomic mass is 16.5. The molecule has 6 nitrogen and oxygen atoms in total. The van der Waals surface area contributed by atoms with Gasteiger partial charge in [-0.2, -0.15) is 0 Å². The number of carbonyl (C=O) groups excluding carboxylic acids is 1. The molecule has 0 saturated heterocycles. The molecular weight excluding hydrogens is 322 g/mol. The van der Waals surface area contributed by atoms with E-state index in [0.29, 0.717) is 42.6 Å². The Labute approximate surface area is 146 Å². The van der Waals surface area contributed by atoms with E-state index < -0.39 is 0 Å². The SMILES string of the molecule is COc1cccc(OC)c1C(=O)NCc1ccc2c(c1)OCCCO2. The van der Waals surface area contributed by atoms with Gasteiger partial charge in [-0.05, 0) is 29.8 Å². The summed E-state index contributed by atoms with van der Waals surface area (Å²) in [5, 5.41) is 2.89. The summed E-state index contributed by atoms with van der Waals surface area (Å²) in [5.74, 6) is 2.12. The van der Waals surface area contributed by atoms with Crippen LogP contribution in [0.15, 0.2) is 36.4 Å². The lowest BCUT2D eigenvalue weighted by Gasteiger charge is -2.14. The van der Waals surface area contributed by atoms with Crippen molar-refractivity contribution in [1.29, 1.82) is 0 Å². The summed E-state index contributed by atoms with van der Waals surface area (Å²) in [4.78, 5) is 12.6. The third kappa shape index (κ3) is 3.79. The van der Waals surface area contributed by atoms with E-state index in [1.165, 1.54) is 14.2 Å². The smallest absolute Gasteiger partial charge is 0.259 e. The van der Waals surface area contributed by atoms with Crippen molar-refractivity contribution < 1.29 is 23.7 Å². The van der Waals surface area contributed by atoms with Crippen LogP contribution < -0.4 is 24.3 Å². The minimum Gasteiger partial charge on any atom is -0.496 e. The fraction of sp³-hybridized carbons (Fsp3) is 0.316. The number of methoxy groups -OCH3 is 2. The molecule has 0 spiro atoms. The highest BCUT2D eigenvalue weighted by molar-refractivity contribution is 5.99. The van der Waals surface area contributed by atoms with E-state index in [1.54, 1.807) is 18.2 Å². The van der Waals surface area contributed by atoms with Gasteiger partial charge in [-0.25, -0.2) is 0 Å². The van der Waals surface area contributed by atoms with Gasteiger partial charge in [0.25, 0.3) is 5.91 Å². The zero-order chi connectivity index (χ0) is 17.6. The van der Waals surface area contributed by atoms with Gasteiger partial charge in [0.1, 0.15) is 17.1 Å². The lowest BCUT2D eigenvalue weighted by Crippen LogP contribution is -2.24. The summed E-state index contributed by atoms with van der Waals surface area (Å²) < 4.78 is 21.8. The molecule has 3 rings (SSSR count). The number of amides is 1. The number of carbonyl (C=O) groups is 1. The molecule has 1 aliphatic rings. The fourth-order valence-corrected chi connectivity index (χ4v) is 2.66. The summed E-state index contributed by atoms with van der Waals surface area (Å²) >= 11 is 0. The molecule has 0 fully saturated rings. The lowest BCUT2D eigenvalue weighted by molar-refractivity contribution is 0.0944. The van der Waals surface area contributed by atoms with E-state index >= 15 is 0 Å². The monoisotopic (exact) mass is 343 g/mol. The van der Waals surface area contributed by atoms with E-state index in [-0.39, 0.29) is 5.91 Å². The second-order valence-electron chi connectivity index (χ2n) is 5.55. The number of ether oxygens (including phenoxy) is 4. The van der Waals surface area contributed by atoms with E-state index in [9.17, 15) is 4.79 Å². The molecule has 0 saturated carbocycles. The molecule has 2 aromatic carbocycles. The van der Waals surface area contributed by atoms with Crippen LogP contribution in [-0.4, -0.2) is 33.3 Å². The average molecular weight is 343 g/mol. The van der Waals surface area contributed by atoms with Gasteiger partial charge in [-0.15, -0.1) is 0 Å². The number of benzene rings is 2. The van der Waals surface area contributed by atoms with Crippen molar-refractivity contribution in [2.24, 2.45) is 0 Å². The van der Waals surface area contributed by atoms with Gasteiger partial charge in [-0.3, -0.25) is 4.79 Å². The van der Waals surface area contributed by atoms with Crippen LogP contribution in [0.2, 0.25) is 0 Å². The van der Waals surface area contributed by atoms with Gasteiger partial charge in [0.05, 0.1) is 27.4 Å². The van der Waals surface area contributed by atoms with Crippen LogP contribution in [0, 0.1) is 0 Å². The van der Waals surface area contributed by atoms with E-state index in [4.69, 9.17) is 18.9 Å².